The second-order valence-corrected chi connectivity index (χ2v) is 7.60. The number of hydrogen-bond acceptors (Lipinski definition) is 5. The maximum Gasteiger partial charge on any atom is 0.339 e. The van der Waals surface area contributed by atoms with Crippen LogP contribution in [0.1, 0.15) is 5.56 Å². The van der Waals surface area contributed by atoms with Gasteiger partial charge in [0, 0.05) is 0 Å². The Hall–Kier alpha value is -2.44. The number of hydrogen-bond donors (Lipinski definition) is 1. The lowest BCUT2D eigenvalue weighted by Gasteiger charge is -2.12. The second-order valence-electron chi connectivity index (χ2n) is 4.70. The summed E-state index contributed by atoms with van der Waals surface area (Å²) in [5.41, 5.74) is 0.496. The van der Waals surface area contributed by atoms with Crippen LogP contribution >= 0.6 is 0 Å². The largest absolute Gasteiger partial charge is 0.372 e. The molecule has 0 unspecified atom stereocenters. The second kappa shape index (κ2) is 6.70. The summed E-state index contributed by atoms with van der Waals surface area (Å²) in [7, 11) is -10.6. The van der Waals surface area contributed by atoms with Crippen LogP contribution in [0.2, 0.25) is 0 Å². The molecule has 12 heteroatoms. The zero-order valence-electron chi connectivity index (χ0n) is 12.4. The molecule has 0 aliphatic rings. The van der Waals surface area contributed by atoms with Gasteiger partial charge in [0.05, 0.1) is 0 Å². The Labute approximate surface area is 145 Å². The van der Waals surface area contributed by atoms with Gasteiger partial charge in [-0.1, -0.05) is 24.8 Å². The monoisotopic (exact) mass is 412 g/mol. The molecule has 1 N–H and O–H groups in total. The number of rotatable bonds is 5. The van der Waals surface area contributed by atoms with Gasteiger partial charge in [0.1, 0.15) is 4.90 Å². The van der Waals surface area contributed by atoms with Gasteiger partial charge in [0.2, 0.25) is 17.4 Å². The Morgan fingerprint density at radius 1 is 0.885 bits per heavy atom. The molecular weight excluding hydrogens is 404 g/mol. The van der Waals surface area contributed by atoms with Crippen molar-refractivity contribution in [3.63, 3.8) is 0 Å². The summed E-state index contributed by atoms with van der Waals surface area (Å²) >= 11 is 0. The molecule has 0 aliphatic heterocycles. The maximum absolute atomic E-state index is 13.8. The Morgan fingerprint density at radius 2 is 1.35 bits per heavy atom. The fourth-order valence-corrected chi connectivity index (χ4v) is 3.38. The van der Waals surface area contributed by atoms with Crippen molar-refractivity contribution in [2.75, 3.05) is 0 Å². The van der Waals surface area contributed by atoms with Gasteiger partial charge in [-0.15, -0.1) is 0 Å². The summed E-state index contributed by atoms with van der Waals surface area (Å²) in [6, 6.07) is 4.47. The molecule has 140 valence electrons. The molecule has 2 rings (SSSR count). The molecule has 0 fully saturated rings. The molecule has 0 bridgehead atoms. The highest BCUT2D eigenvalue weighted by atomic mass is 32.2. The summed E-state index contributed by atoms with van der Waals surface area (Å²) in [6.45, 7) is 3.43. The normalized spacial score (nSPS) is 12.0. The topological polar surface area (TPSA) is 97.7 Å². The lowest BCUT2D eigenvalue weighted by atomic mass is 10.2. The van der Waals surface area contributed by atoms with Crippen molar-refractivity contribution < 1.29 is 43.1 Å². The molecule has 0 spiro atoms. The first-order valence-corrected chi connectivity index (χ1v) is 9.25. The zero-order valence-corrected chi connectivity index (χ0v) is 14.0. The van der Waals surface area contributed by atoms with Gasteiger partial charge in [-0.05, 0) is 17.7 Å². The Kier molecular flexibility index (Phi) is 5.12. The van der Waals surface area contributed by atoms with Crippen LogP contribution in [0.5, 0.6) is 5.75 Å². The third-order valence-corrected chi connectivity index (χ3v) is 5.15. The predicted octanol–water partition coefficient (Wildman–Crippen LogP) is 2.90. The lowest BCUT2D eigenvalue weighted by molar-refractivity contribution is 0.365. The number of benzene rings is 2. The molecule has 26 heavy (non-hydrogen) atoms. The Bertz CT molecular complexity index is 1060. The van der Waals surface area contributed by atoms with Crippen molar-refractivity contribution in [3.8, 4) is 5.75 Å². The Morgan fingerprint density at radius 3 is 1.73 bits per heavy atom. The van der Waals surface area contributed by atoms with Crippen LogP contribution < -0.4 is 4.18 Å². The van der Waals surface area contributed by atoms with Crippen molar-refractivity contribution in [2.24, 2.45) is 0 Å². The lowest BCUT2D eigenvalue weighted by Crippen LogP contribution is -2.16. The molecule has 2 aromatic carbocycles. The van der Waals surface area contributed by atoms with Crippen LogP contribution in [0.25, 0.3) is 6.08 Å². The molecule has 0 aliphatic carbocycles. The predicted molar refractivity (Wildman–Crippen MR) is 80.4 cm³/mol. The van der Waals surface area contributed by atoms with E-state index in [0.29, 0.717) is 5.56 Å². The van der Waals surface area contributed by atoms with E-state index in [1.807, 2.05) is 0 Å². The van der Waals surface area contributed by atoms with E-state index >= 15 is 0 Å². The van der Waals surface area contributed by atoms with Gasteiger partial charge in [-0.25, -0.2) is 8.78 Å². The van der Waals surface area contributed by atoms with Gasteiger partial charge in [0.15, 0.2) is 16.5 Å². The van der Waals surface area contributed by atoms with Gasteiger partial charge in [-0.3, -0.25) is 4.55 Å². The average molecular weight is 412 g/mol. The van der Waals surface area contributed by atoms with E-state index in [4.69, 9.17) is 4.55 Å². The highest BCUT2D eigenvalue weighted by molar-refractivity contribution is 7.87. The first kappa shape index (κ1) is 19.9. The minimum Gasteiger partial charge on any atom is -0.372 e. The maximum atomic E-state index is 13.8. The van der Waals surface area contributed by atoms with Crippen LogP contribution in [-0.4, -0.2) is 21.4 Å². The highest BCUT2D eigenvalue weighted by Crippen LogP contribution is 2.34. The summed E-state index contributed by atoms with van der Waals surface area (Å²) in [6.07, 6.45) is 1.37. The van der Waals surface area contributed by atoms with Gasteiger partial charge in [0.25, 0.3) is 0 Å². The van der Waals surface area contributed by atoms with Gasteiger partial charge >= 0.3 is 20.2 Å². The highest BCUT2D eigenvalue weighted by Gasteiger charge is 2.35. The van der Waals surface area contributed by atoms with Crippen LogP contribution in [0.4, 0.5) is 17.6 Å². The molecule has 0 atom stereocenters. The molecule has 6 nitrogen and oxygen atoms in total. The Balaban J connectivity index is 2.61. The third-order valence-electron chi connectivity index (χ3n) is 3.04. The molecule has 0 saturated carbocycles. The summed E-state index contributed by atoms with van der Waals surface area (Å²) in [5.74, 6) is -12.0. The van der Waals surface area contributed by atoms with Crippen molar-refractivity contribution in [1.29, 1.82) is 0 Å². The van der Waals surface area contributed by atoms with Crippen LogP contribution in [0.15, 0.2) is 40.6 Å². The van der Waals surface area contributed by atoms with E-state index in [1.165, 1.54) is 18.2 Å². The molecule has 0 heterocycles. The SMILES string of the molecule is C=Cc1ccc(S(=O)(=O)Oc2c(F)c(F)c(S(=O)(=O)O)c(F)c2F)cc1. The molecular formula is C14H8F4O6S2. The van der Waals surface area contributed by atoms with E-state index < -0.39 is 59.0 Å². The van der Waals surface area contributed by atoms with Crippen molar-refractivity contribution in [3.05, 3.63) is 59.7 Å². The fraction of sp³-hybridized carbons (Fsp3) is 0. The zero-order chi connectivity index (χ0) is 19.9. The van der Waals surface area contributed by atoms with Crippen LogP contribution in [0, 0.1) is 23.3 Å². The van der Waals surface area contributed by atoms with Crippen molar-refractivity contribution >= 4 is 26.3 Å². The number of halogens is 4. The van der Waals surface area contributed by atoms with Crippen molar-refractivity contribution in [2.45, 2.75) is 9.79 Å². The minimum atomic E-state index is -5.67. The quantitative estimate of drug-likeness (QED) is 0.351. The summed E-state index contributed by atoms with van der Waals surface area (Å²) in [5, 5.41) is 0. The van der Waals surface area contributed by atoms with Gasteiger partial charge < -0.3 is 4.18 Å². The molecule has 0 saturated heterocycles. The average Bonchev–Trinajstić information content (AvgIpc) is 2.56. The first-order chi connectivity index (χ1) is 11.9. The smallest absolute Gasteiger partial charge is 0.339 e. The van der Waals surface area contributed by atoms with Crippen LogP contribution in [0.3, 0.4) is 0 Å². The van der Waals surface area contributed by atoms with E-state index in [0.717, 1.165) is 12.1 Å². The summed E-state index contributed by atoms with van der Waals surface area (Å²) in [4.78, 5) is -2.92. The van der Waals surface area contributed by atoms with Crippen LogP contribution in [-0.2, 0) is 20.2 Å². The van der Waals surface area contributed by atoms with E-state index in [1.54, 1.807) is 0 Å². The third kappa shape index (κ3) is 3.57. The van der Waals surface area contributed by atoms with Crippen molar-refractivity contribution in [1.82, 2.24) is 0 Å². The standard InChI is InChI=1S/C14H8F4O6S2/c1-2-7-3-5-8(6-4-7)26(22,23)24-13-9(15)11(17)14(25(19,20)21)12(18)10(13)16/h2-6H,1H2,(H,19,20,21). The van der Waals surface area contributed by atoms with E-state index in [2.05, 4.69) is 10.8 Å². The van der Waals surface area contributed by atoms with E-state index in [9.17, 15) is 34.4 Å². The molecule has 2 aromatic rings. The molecule has 0 amide bonds. The van der Waals surface area contributed by atoms with Gasteiger partial charge in [-0.2, -0.15) is 25.6 Å². The minimum absolute atomic E-state index is 0.496. The molecule has 0 radical (unpaired) electrons. The fourth-order valence-electron chi connectivity index (χ4n) is 1.82. The summed E-state index contributed by atoms with van der Waals surface area (Å²) < 4.78 is 113. The molecule has 0 aromatic heterocycles. The first-order valence-electron chi connectivity index (χ1n) is 6.40. The van der Waals surface area contributed by atoms with E-state index in [-0.39, 0.29) is 0 Å².